The fourth-order valence-corrected chi connectivity index (χ4v) is 6.79. The van der Waals surface area contributed by atoms with E-state index in [1.807, 2.05) is 12.1 Å². The van der Waals surface area contributed by atoms with Crippen molar-refractivity contribution in [2.24, 2.45) is 17.8 Å². The predicted molar refractivity (Wildman–Crippen MR) is 163 cm³/mol. The zero-order valence-electron chi connectivity index (χ0n) is 24.3. The number of ether oxygens (including phenoxy) is 1. The van der Waals surface area contributed by atoms with E-state index in [9.17, 15) is 8.78 Å². The summed E-state index contributed by atoms with van der Waals surface area (Å²) in [5.74, 6) is 0.164. The summed E-state index contributed by atoms with van der Waals surface area (Å²) in [6.45, 7) is 4.08. The van der Waals surface area contributed by atoms with Gasteiger partial charge in [0.15, 0.2) is 11.6 Å². The van der Waals surface area contributed by atoms with Gasteiger partial charge >= 0.3 is 0 Å². The third-order valence-corrected chi connectivity index (χ3v) is 9.18. The fraction of sp³-hybridized carbons (Fsp3) is 0.405. The Labute approximate surface area is 243 Å². The molecule has 0 heterocycles. The normalized spacial score (nSPS) is 21.2. The molecule has 0 N–H and O–H groups in total. The van der Waals surface area contributed by atoms with Crippen molar-refractivity contribution >= 4 is 5.57 Å². The van der Waals surface area contributed by atoms with Gasteiger partial charge in [0.25, 0.3) is 0 Å². The first-order valence-corrected chi connectivity index (χ1v) is 15.3. The zero-order chi connectivity index (χ0) is 28.8. The van der Waals surface area contributed by atoms with Crippen molar-refractivity contribution < 1.29 is 17.9 Å². The first-order chi connectivity index (χ1) is 20.0. The monoisotopic (exact) mass is 558 g/mol. The third kappa shape index (κ3) is 6.80. The SMILES string of the molecule is CC=CCCC1CCC(C2CC=C(c3ccc(-c4ccc(-c5ccc(OCC)c(F)c5F)cc4)c(F)c3)CC2)CC1. The standard InChI is InChI=1S/C37H41F3O/c1-3-5-6-7-25-8-10-26(11-9-25)27-12-14-28(15-13-27)31-20-21-32(34(38)24-31)29-16-18-30(19-17-29)33-22-23-35(41-4-2)37(40)36(33)39/h3,5,14,16-27H,4,6-13,15H2,1-2H3. The van der Waals surface area contributed by atoms with Gasteiger partial charge in [-0.05, 0) is 117 Å². The highest BCUT2D eigenvalue weighted by Gasteiger charge is 2.28. The molecule has 0 aromatic heterocycles. The fourth-order valence-electron chi connectivity index (χ4n) is 6.79. The molecule has 2 aliphatic rings. The van der Waals surface area contributed by atoms with Crippen molar-refractivity contribution in [2.45, 2.75) is 71.6 Å². The van der Waals surface area contributed by atoms with E-state index in [0.717, 1.165) is 36.2 Å². The van der Waals surface area contributed by atoms with E-state index in [1.54, 1.807) is 37.3 Å². The number of benzene rings is 3. The molecule has 3 aromatic rings. The maximum absolute atomic E-state index is 15.3. The number of rotatable bonds is 9. The molecule has 1 atom stereocenters. The molecule has 1 nitrogen and oxygen atoms in total. The van der Waals surface area contributed by atoms with E-state index in [4.69, 9.17) is 4.74 Å². The van der Waals surface area contributed by atoms with Crippen molar-refractivity contribution in [3.8, 4) is 28.0 Å². The molecule has 5 rings (SSSR count). The molecular weight excluding hydrogens is 517 g/mol. The van der Waals surface area contributed by atoms with Crippen LogP contribution in [0, 0.1) is 35.2 Å². The van der Waals surface area contributed by atoms with E-state index in [-0.39, 0.29) is 23.7 Å². The van der Waals surface area contributed by atoms with Gasteiger partial charge in [0, 0.05) is 11.1 Å². The number of hydrogen-bond donors (Lipinski definition) is 0. The van der Waals surface area contributed by atoms with Crippen molar-refractivity contribution in [3.05, 3.63) is 95.8 Å². The first-order valence-electron chi connectivity index (χ1n) is 15.3. The Morgan fingerprint density at radius 1 is 0.780 bits per heavy atom. The van der Waals surface area contributed by atoms with Crippen LogP contribution >= 0.6 is 0 Å². The molecule has 0 bridgehead atoms. The van der Waals surface area contributed by atoms with Gasteiger partial charge in [-0.25, -0.2) is 8.78 Å². The molecule has 216 valence electrons. The summed E-state index contributed by atoms with van der Waals surface area (Å²) < 4.78 is 49.4. The first kappa shape index (κ1) is 29.2. The van der Waals surface area contributed by atoms with Gasteiger partial charge < -0.3 is 4.74 Å². The van der Waals surface area contributed by atoms with Crippen LogP contribution in [0.3, 0.4) is 0 Å². The predicted octanol–water partition coefficient (Wildman–Crippen LogP) is 11.2. The van der Waals surface area contributed by atoms with Crippen LogP contribution in [-0.2, 0) is 0 Å². The highest BCUT2D eigenvalue weighted by molar-refractivity contribution is 5.74. The summed E-state index contributed by atoms with van der Waals surface area (Å²) in [5, 5.41) is 0. The van der Waals surface area contributed by atoms with Crippen LogP contribution in [0.25, 0.3) is 27.8 Å². The second kappa shape index (κ2) is 13.6. The van der Waals surface area contributed by atoms with Gasteiger partial charge in [-0.15, -0.1) is 0 Å². The van der Waals surface area contributed by atoms with Crippen molar-refractivity contribution in [1.82, 2.24) is 0 Å². The lowest BCUT2D eigenvalue weighted by atomic mass is 9.70. The molecule has 3 aromatic carbocycles. The largest absolute Gasteiger partial charge is 0.491 e. The molecule has 0 radical (unpaired) electrons. The summed E-state index contributed by atoms with van der Waals surface area (Å²) in [6.07, 6.45) is 18.1. The summed E-state index contributed by atoms with van der Waals surface area (Å²) in [7, 11) is 0. The molecule has 4 heteroatoms. The molecule has 0 saturated heterocycles. The lowest BCUT2D eigenvalue weighted by Crippen LogP contribution is -2.23. The average Bonchev–Trinajstić information content (AvgIpc) is 3.00. The van der Waals surface area contributed by atoms with Crippen LogP contribution in [0.15, 0.2) is 72.8 Å². The van der Waals surface area contributed by atoms with E-state index in [2.05, 4.69) is 25.2 Å². The Bertz CT molecular complexity index is 1380. The average molecular weight is 559 g/mol. The molecule has 0 spiro atoms. The quantitative estimate of drug-likeness (QED) is 0.237. The maximum atomic E-state index is 15.3. The zero-order valence-corrected chi connectivity index (χ0v) is 24.3. The molecule has 0 aliphatic heterocycles. The summed E-state index contributed by atoms with van der Waals surface area (Å²) in [5.41, 5.74) is 4.07. The Kier molecular flexibility index (Phi) is 9.69. The van der Waals surface area contributed by atoms with E-state index < -0.39 is 11.6 Å². The van der Waals surface area contributed by atoms with Crippen LogP contribution in [0.2, 0.25) is 0 Å². The Morgan fingerprint density at radius 2 is 1.46 bits per heavy atom. The summed E-state index contributed by atoms with van der Waals surface area (Å²) in [6, 6.07) is 15.3. The molecule has 0 amide bonds. The van der Waals surface area contributed by atoms with Gasteiger partial charge in [0.1, 0.15) is 5.82 Å². The Morgan fingerprint density at radius 3 is 2.10 bits per heavy atom. The van der Waals surface area contributed by atoms with E-state index in [1.165, 1.54) is 62.7 Å². The van der Waals surface area contributed by atoms with Gasteiger partial charge in [0.05, 0.1) is 6.61 Å². The number of allylic oxidation sites excluding steroid dienone is 4. The molecule has 1 saturated carbocycles. The molecule has 2 aliphatic carbocycles. The maximum Gasteiger partial charge on any atom is 0.201 e. The second-order valence-corrected chi connectivity index (χ2v) is 11.6. The summed E-state index contributed by atoms with van der Waals surface area (Å²) in [4.78, 5) is 0. The minimum Gasteiger partial charge on any atom is -0.491 e. The number of halogens is 3. The highest BCUT2D eigenvalue weighted by Crippen LogP contribution is 2.42. The van der Waals surface area contributed by atoms with Gasteiger partial charge in [-0.1, -0.05) is 67.5 Å². The van der Waals surface area contributed by atoms with Crippen LogP contribution in [0.1, 0.15) is 77.2 Å². The number of hydrogen-bond acceptors (Lipinski definition) is 1. The van der Waals surface area contributed by atoms with Crippen LogP contribution in [0.4, 0.5) is 13.2 Å². The second-order valence-electron chi connectivity index (χ2n) is 11.6. The summed E-state index contributed by atoms with van der Waals surface area (Å²) >= 11 is 0. The van der Waals surface area contributed by atoms with Crippen LogP contribution < -0.4 is 4.74 Å². The highest BCUT2D eigenvalue weighted by atomic mass is 19.2. The Hall–Kier alpha value is -3.27. The van der Waals surface area contributed by atoms with Gasteiger partial charge in [0.2, 0.25) is 5.82 Å². The molecular formula is C37H41F3O. The minimum atomic E-state index is -0.999. The minimum absolute atomic E-state index is 0.102. The van der Waals surface area contributed by atoms with Crippen LogP contribution in [-0.4, -0.2) is 6.61 Å². The van der Waals surface area contributed by atoms with E-state index in [0.29, 0.717) is 16.7 Å². The van der Waals surface area contributed by atoms with Crippen molar-refractivity contribution in [2.75, 3.05) is 6.61 Å². The van der Waals surface area contributed by atoms with E-state index >= 15 is 4.39 Å². The Balaban J connectivity index is 1.21. The van der Waals surface area contributed by atoms with Crippen molar-refractivity contribution in [3.63, 3.8) is 0 Å². The lowest BCUT2D eigenvalue weighted by molar-refractivity contribution is 0.190. The molecule has 1 fully saturated rings. The van der Waals surface area contributed by atoms with Gasteiger partial charge in [-0.3, -0.25) is 0 Å². The van der Waals surface area contributed by atoms with Crippen LogP contribution in [0.5, 0.6) is 5.75 Å². The molecule has 41 heavy (non-hydrogen) atoms. The smallest absolute Gasteiger partial charge is 0.201 e. The molecule has 1 unspecified atom stereocenters. The topological polar surface area (TPSA) is 9.23 Å². The van der Waals surface area contributed by atoms with Crippen molar-refractivity contribution in [1.29, 1.82) is 0 Å². The third-order valence-electron chi connectivity index (χ3n) is 9.18. The lowest BCUT2D eigenvalue weighted by Gasteiger charge is -2.35. The van der Waals surface area contributed by atoms with Gasteiger partial charge in [-0.2, -0.15) is 4.39 Å².